The van der Waals surface area contributed by atoms with Gasteiger partial charge in [0.25, 0.3) is 0 Å². The molecule has 6 heteroatoms. The molecule has 0 bridgehead atoms. The van der Waals surface area contributed by atoms with E-state index in [-0.39, 0.29) is 17.3 Å². The summed E-state index contributed by atoms with van der Waals surface area (Å²) in [6, 6.07) is 12.4. The van der Waals surface area contributed by atoms with E-state index in [2.05, 4.69) is 0 Å². The number of rotatable bonds is 6. The van der Waals surface area contributed by atoms with Crippen molar-refractivity contribution in [3.05, 3.63) is 64.5 Å². The van der Waals surface area contributed by atoms with Gasteiger partial charge in [-0.1, -0.05) is 12.1 Å². The molecule has 0 aromatic heterocycles. The molecular formula is C14H12FNO3S. The molecule has 0 saturated heterocycles. The van der Waals surface area contributed by atoms with Gasteiger partial charge in [0.05, 0.1) is 11.5 Å². The molecule has 0 amide bonds. The Bertz CT molecular complexity index is 589. The van der Waals surface area contributed by atoms with Crippen LogP contribution in [-0.4, -0.2) is 17.3 Å². The SMILES string of the molecule is O=[N+]([O-])c1ccccc1OCCSc1ccc(F)cc1. The van der Waals surface area contributed by atoms with E-state index in [1.54, 1.807) is 30.3 Å². The zero-order chi connectivity index (χ0) is 14.4. The highest BCUT2D eigenvalue weighted by atomic mass is 32.2. The molecule has 2 rings (SSSR count). The third-order valence-corrected chi connectivity index (χ3v) is 3.46. The predicted octanol–water partition coefficient (Wildman–Crippen LogP) is 3.91. The van der Waals surface area contributed by atoms with Crippen molar-refractivity contribution in [2.24, 2.45) is 0 Å². The Kier molecular flexibility index (Phi) is 4.95. The van der Waals surface area contributed by atoms with Crippen LogP contribution in [0.25, 0.3) is 0 Å². The van der Waals surface area contributed by atoms with E-state index in [9.17, 15) is 14.5 Å². The number of thioether (sulfide) groups is 1. The third kappa shape index (κ3) is 3.96. The van der Waals surface area contributed by atoms with Gasteiger partial charge in [0.1, 0.15) is 5.82 Å². The van der Waals surface area contributed by atoms with Gasteiger partial charge in [0.2, 0.25) is 0 Å². The van der Waals surface area contributed by atoms with Crippen LogP contribution in [0, 0.1) is 15.9 Å². The van der Waals surface area contributed by atoms with Crippen molar-refractivity contribution in [2.75, 3.05) is 12.4 Å². The number of hydrogen-bond donors (Lipinski definition) is 0. The van der Waals surface area contributed by atoms with Gasteiger partial charge in [0, 0.05) is 16.7 Å². The summed E-state index contributed by atoms with van der Waals surface area (Å²) in [7, 11) is 0. The first-order valence-electron chi connectivity index (χ1n) is 5.91. The van der Waals surface area contributed by atoms with Crippen molar-refractivity contribution in [2.45, 2.75) is 4.90 Å². The lowest BCUT2D eigenvalue weighted by atomic mass is 10.3. The van der Waals surface area contributed by atoms with E-state index in [1.807, 2.05) is 0 Å². The lowest BCUT2D eigenvalue weighted by Gasteiger charge is -2.06. The van der Waals surface area contributed by atoms with Crippen molar-refractivity contribution < 1.29 is 14.1 Å². The highest BCUT2D eigenvalue weighted by molar-refractivity contribution is 7.99. The second-order valence-corrected chi connectivity index (χ2v) is 5.04. The van der Waals surface area contributed by atoms with Gasteiger partial charge in [-0.2, -0.15) is 0 Å². The highest BCUT2D eigenvalue weighted by Gasteiger charge is 2.13. The number of nitrogens with zero attached hydrogens (tertiary/aromatic N) is 1. The van der Waals surface area contributed by atoms with Crippen LogP contribution < -0.4 is 4.74 Å². The van der Waals surface area contributed by atoms with Gasteiger partial charge < -0.3 is 4.74 Å². The number of para-hydroxylation sites is 2. The Hall–Kier alpha value is -2.08. The van der Waals surface area contributed by atoms with Crippen LogP contribution in [0.15, 0.2) is 53.4 Å². The Morgan fingerprint density at radius 3 is 2.55 bits per heavy atom. The summed E-state index contributed by atoms with van der Waals surface area (Å²) >= 11 is 1.50. The van der Waals surface area contributed by atoms with Gasteiger partial charge in [-0.25, -0.2) is 4.39 Å². The fourth-order valence-electron chi connectivity index (χ4n) is 1.57. The zero-order valence-electron chi connectivity index (χ0n) is 10.5. The number of nitro benzene ring substituents is 1. The normalized spacial score (nSPS) is 10.2. The van der Waals surface area contributed by atoms with E-state index in [1.165, 1.54) is 30.0 Å². The summed E-state index contributed by atoms with van der Waals surface area (Å²) in [6.45, 7) is 0.340. The van der Waals surface area contributed by atoms with E-state index < -0.39 is 4.92 Å². The summed E-state index contributed by atoms with van der Waals surface area (Å²) in [4.78, 5) is 11.3. The maximum Gasteiger partial charge on any atom is 0.310 e. The Morgan fingerprint density at radius 2 is 1.85 bits per heavy atom. The Labute approximate surface area is 119 Å². The van der Waals surface area contributed by atoms with Crippen LogP contribution in [-0.2, 0) is 0 Å². The maximum absolute atomic E-state index is 12.7. The lowest BCUT2D eigenvalue weighted by molar-refractivity contribution is -0.385. The standard InChI is InChI=1S/C14H12FNO3S/c15-11-5-7-12(8-6-11)20-10-9-19-14-4-2-1-3-13(14)16(17)18/h1-8H,9-10H2. The Balaban J connectivity index is 1.84. The summed E-state index contributed by atoms with van der Waals surface area (Å²) < 4.78 is 18.1. The van der Waals surface area contributed by atoms with Crippen LogP contribution >= 0.6 is 11.8 Å². The van der Waals surface area contributed by atoms with Gasteiger partial charge >= 0.3 is 5.69 Å². The fourth-order valence-corrected chi connectivity index (χ4v) is 2.30. The second-order valence-electron chi connectivity index (χ2n) is 3.88. The molecule has 0 spiro atoms. The number of nitro groups is 1. The zero-order valence-corrected chi connectivity index (χ0v) is 11.3. The summed E-state index contributed by atoms with van der Waals surface area (Å²) in [5.41, 5.74) is -0.0423. The topological polar surface area (TPSA) is 52.4 Å². The van der Waals surface area contributed by atoms with Crippen LogP contribution in [0.5, 0.6) is 5.75 Å². The van der Waals surface area contributed by atoms with E-state index in [0.717, 1.165) is 4.90 Å². The van der Waals surface area contributed by atoms with Gasteiger partial charge in [0.15, 0.2) is 5.75 Å². The van der Waals surface area contributed by atoms with Crippen molar-refractivity contribution in [1.29, 1.82) is 0 Å². The molecule has 2 aromatic rings. The molecule has 0 aliphatic rings. The van der Waals surface area contributed by atoms with Crippen LogP contribution in [0.4, 0.5) is 10.1 Å². The predicted molar refractivity (Wildman–Crippen MR) is 75.7 cm³/mol. The summed E-state index contributed by atoms with van der Waals surface area (Å²) in [5, 5.41) is 10.8. The molecule has 0 atom stereocenters. The molecule has 0 aliphatic carbocycles. The first kappa shape index (κ1) is 14.3. The first-order chi connectivity index (χ1) is 9.66. The molecule has 2 aromatic carbocycles. The lowest BCUT2D eigenvalue weighted by Crippen LogP contribution is -2.02. The third-order valence-electron chi connectivity index (χ3n) is 2.49. The largest absolute Gasteiger partial charge is 0.486 e. The number of ether oxygens (including phenoxy) is 1. The molecule has 0 radical (unpaired) electrons. The summed E-state index contributed by atoms with van der Waals surface area (Å²) in [5.74, 6) is 0.611. The number of benzene rings is 2. The molecule has 4 nitrogen and oxygen atoms in total. The minimum Gasteiger partial charge on any atom is -0.486 e. The minimum absolute atomic E-state index is 0.0423. The first-order valence-corrected chi connectivity index (χ1v) is 6.90. The van der Waals surface area contributed by atoms with E-state index >= 15 is 0 Å². The molecule has 0 unspecified atom stereocenters. The number of hydrogen-bond acceptors (Lipinski definition) is 4. The van der Waals surface area contributed by atoms with Crippen LogP contribution in [0.1, 0.15) is 0 Å². The molecule has 0 heterocycles. The van der Waals surface area contributed by atoms with Gasteiger partial charge in [-0.3, -0.25) is 10.1 Å². The highest BCUT2D eigenvalue weighted by Crippen LogP contribution is 2.26. The monoisotopic (exact) mass is 293 g/mol. The average Bonchev–Trinajstić information content (AvgIpc) is 2.46. The van der Waals surface area contributed by atoms with Crippen LogP contribution in [0.3, 0.4) is 0 Å². The van der Waals surface area contributed by atoms with Gasteiger partial charge in [-0.15, -0.1) is 11.8 Å². The second kappa shape index (κ2) is 6.91. The number of halogens is 1. The quantitative estimate of drug-likeness (QED) is 0.351. The maximum atomic E-state index is 12.7. The fraction of sp³-hybridized carbons (Fsp3) is 0.143. The Morgan fingerprint density at radius 1 is 1.15 bits per heavy atom. The van der Waals surface area contributed by atoms with Crippen molar-refractivity contribution in [1.82, 2.24) is 0 Å². The molecule has 20 heavy (non-hydrogen) atoms. The molecule has 104 valence electrons. The van der Waals surface area contributed by atoms with Gasteiger partial charge in [-0.05, 0) is 30.3 Å². The van der Waals surface area contributed by atoms with E-state index in [4.69, 9.17) is 4.74 Å². The molecule has 0 aliphatic heterocycles. The smallest absolute Gasteiger partial charge is 0.310 e. The van der Waals surface area contributed by atoms with Crippen LogP contribution in [0.2, 0.25) is 0 Å². The van der Waals surface area contributed by atoms with E-state index in [0.29, 0.717) is 12.4 Å². The minimum atomic E-state index is -0.470. The molecule has 0 fully saturated rings. The summed E-state index contributed by atoms with van der Waals surface area (Å²) in [6.07, 6.45) is 0. The van der Waals surface area contributed by atoms with Crippen molar-refractivity contribution >= 4 is 17.4 Å². The molecular weight excluding hydrogens is 281 g/mol. The van der Waals surface area contributed by atoms with Crippen molar-refractivity contribution in [3.8, 4) is 5.75 Å². The van der Waals surface area contributed by atoms with Crippen molar-refractivity contribution in [3.63, 3.8) is 0 Å². The molecule has 0 saturated carbocycles. The average molecular weight is 293 g/mol. The molecule has 0 N–H and O–H groups in total.